The molecule has 0 saturated carbocycles. The Hall–Kier alpha value is -1.68. The van der Waals surface area contributed by atoms with E-state index >= 15 is 0 Å². The summed E-state index contributed by atoms with van der Waals surface area (Å²) in [6.45, 7) is 0. The van der Waals surface area contributed by atoms with Crippen LogP contribution in [0.15, 0.2) is 6.07 Å². The van der Waals surface area contributed by atoms with E-state index in [0.717, 1.165) is 6.07 Å². The Labute approximate surface area is 93.4 Å². The molecule has 8 heteroatoms. The molecular weight excluding hydrogens is 247 g/mol. The van der Waals surface area contributed by atoms with E-state index in [2.05, 4.69) is 9.72 Å². The zero-order valence-corrected chi connectivity index (χ0v) is 8.43. The van der Waals surface area contributed by atoms with Gasteiger partial charge in [-0.05, 0) is 6.07 Å². The highest BCUT2D eigenvalue weighted by Crippen LogP contribution is 2.28. The number of halogens is 4. The number of nitrogens with zero attached hydrogens (tertiary/aromatic N) is 2. The predicted molar refractivity (Wildman–Crippen MR) is 49.6 cm³/mol. The van der Waals surface area contributed by atoms with Crippen LogP contribution < -0.4 is 10.5 Å². The van der Waals surface area contributed by atoms with Gasteiger partial charge < -0.3 is 10.5 Å². The lowest BCUT2D eigenvalue weighted by Gasteiger charge is -2.11. The zero-order chi connectivity index (χ0) is 12.3. The summed E-state index contributed by atoms with van der Waals surface area (Å²) in [6, 6.07) is 2.73. The van der Waals surface area contributed by atoms with E-state index in [4.69, 9.17) is 22.6 Å². The van der Waals surface area contributed by atoms with Crippen molar-refractivity contribution in [3.05, 3.63) is 17.3 Å². The minimum absolute atomic E-state index is 0.0770. The number of nitriles is 1. The highest BCUT2D eigenvalue weighted by atomic mass is 35.5. The molecule has 16 heavy (non-hydrogen) atoms. The van der Waals surface area contributed by atoms with Gasteiger partial charge in [-0.3, -0.25) is 0 Å². The average molecular weight is 252 g/mol. The highest BCUT2D eigenvalue weighted by molar-refractivity contribution is 6.17. The second-order valence-corrected chi connectivity index (χ2v) is 2.95. The van der Waals surface area contributed by atoms with Crippen LogP contribution in [0.4, 0.5) is 18.9 Å². The molecule has 0 atom stereocenters. The first-order valence-corrected chi connectivity index (χ1v) is 4.42. The lowest BCUT2D eigenvalue weighted by molar-refractivity contribution is -0.275. The number of alkyl halides is 4. The fourth-order valence-corrected chi connectivity index (χ4v) is 1.15. The molecule has 0 saturated heterocycles. The van der Waals surface area contributed by atoms with E-state index in [-0.39, 0.29) is 22.8 Å². The van der Waals surface area contributed by atoms with Crippen molar-refractivity contribution in [2.24, 2.45) is 0 Å². The standard InChI is InChI=1S/C8H5ClF3N3O/c9-2-4-1-5(14)7(15-6(4)3-13)16-8(10,11)12/h1H,2,14H2. The predicted octanol–water partition coefficient (Wildman–Crippen LogP) is 2.17. The van der Waals surface area contributed by atoms with Gasteiger partial charge in [0.25, 0.3) is 0 Å². The second-order valence-electron chi connectivity index (χ2n) is 2.68. The van der Waals surface area contributed by atoms with Crippen LogP contribution in [0.5, 0.6) is 5.88 Å². The van der Waals surface area contributed by atoms with Crippen molar-refractivity contribution in [1.29, 1.82) is 5.26 Å². The zero-order valence-electron chi connectivity index (χ0n) is 7.68. The molecule has 2 N–H and O–H groups in total. The molecule has 0 aliphatic rings. The maximum absolute atomic E-state index is 11.9. The van der Waals surface area contributed by atoms with Crippen LogP contribution in [0.25, 0.3) is 0 Å². The van der Waals surface area contributed by atoms with Crippen LogP contribution in [0.1, 0.15) is 11.3 Å². The summed E-state index contributed by atoms with van der Waals surface area (Å²) in [5.74, 6) is -0.926. The quantitative estimate of drug-likeness (QED) is 0.818. The van der Waals surface area contributed by atoms with E-state index in [9.17, 15) is 13.2 Å². The monoisotopic (exact) mass is 251 g/mol. The molecule has 0 aromatic carbocycles. The van der Waals surface area contributed by atoms with Gasteiger partial charge in [-0.1, -0.05) is 0 Å². The fraction of sp³-hybridized carbons (Fsp3) is 0.250. The SMILES string of the molecule is N#Cc1nc(OC(F)(F)F)c(N)cc1CCl. The Morgan fingerprint density at radius 3 is 2.62 bits per heavy atom. The Balaban J connectivity index is 3.18. The van der Waals surface area contributed by atoms with Gasteiger partial charge in [0.2, 0.25) is 5.88 Å². The van der Waals surface area contributed by atoms with Crippen molar-refractivity contribution >= 4 is 17.3 Å². The van der Waals surface area contributed by atoms with Crippen molar-refractivity contribution in [1.82, 2.24) is 4.98 Å². The lowest BCUT2D eigenvalue weighted by atomic mass is 10.2. The van der Waals surface area contributed by atoms with Crippen molar-refractivity contribution in [3.63, 3.8) is 0 Å². The Kier molecular flexibility index (Phi) is 3.44. The maximum Gasteiger partial charge on any atom is 0.574 e. The fourth-order valence-electron chi connectivity index (χ4n) is 0.946. The van der Waals surface area contributed by atoms with Crippen LogP contribution in [-0.4, -0.2) is 11.3 Å². The highest BCUT2D eigenvalue weighted by Gasteiger charge is 2.33. The third kappa shape index (κ3) is 2.90. The molecule has 86 valence electrons. The van der Waals surface area contributed by atoms with E-state index in [1.807, 2.05) is 0 Å². The molecule has 0 fully saturated rings. The molecule has 0 radical (unpaired) electrons. The van der Waals surface area contributed by atoms with E-state index < -0.39 is 12.2 Å². The second kappa shape index (κ2) is 4.45. The summed E-state index contributed by atoms with van der Waals surface area (Å²) >= 11 is 5.46. The largest absolute Gasteiger partial charge is 0.574 e. The molecule has 1 rings (SSSR count). The first-order chi connectivity index (χ1) is 7.37. The number of rotatable bonds is 2. The molecule has 0 aliphatic carbocycles. The number of nitrogen functional groups attached to an aromatic ring is 1. The Morgan fingerprint density at radius 2 is 2.19 bits per heavy atom. The number of nitrogens with two attached hydrogens (primary N) is 1. The van der Waals surface area contributed by atoms with E-state index in [0.29, 0.717) is 0 Å². The maximum atomic E-state index is 11.9. The van der Waals surface area contributed by atoms with Crippen LogP contribution in [-0.2, 0) is 5.88 Å². The number of anilines is 1. The smallest absolute Gasteiger partial charge is 0.394 e. The first-order valence-electron chi connectivity index (χ1n) is 3.88. The normalized spacial score (nSPS) is 10.9. The minimum Gasteiger partial charge on any atom is -0.394 e. The minimum atomic E-state index is -4.91. The molecule has 0 bridgehead atoms. The van der Waals surface area contributed by atoms with E-state index in [1.165, 1.54) is 0 Å². The number of pyridine rings is 1. The van der Waals surface area contributed by atoms with Gasteiger partial charge in [0.15, 0.2) is 0 Å². The van der Waals surface area contributed by atoms with Gasteiger partial charge in [0, 0.05) is 5.56 Å². The summed E-state index contributed by atoms with van der Waals surface area (Å²) in [6.07, 6.45) is -4.91. The summed E-state index contributed by atoms with van der Waals surface area (Å²) in [5, 5.41) is 8.61. The number of ether oxygens (including phenoxy) is 1. The Morgan fingerprint density at radius 1 is 1.56 bits per heavy atom. The van der Waals surface area contributed by atoms with Crippen molar-refractivity contribution in [3.8, 4) is 11.9 Å². The molecule has 0 aliphatic heterocycles. The van der Waals surface area contributed by atoms with Crippen LogP contribution in [0.3, 0.4) is 0 Å². The van der Waals surface area contributed by atoms with Gasteiger partial charge in [-0.25, -0.2) is 4.98 Å². The molecule has 0 spiro atoms. The van der Waals surface area contributed by atoms with Gasteiger partial charge in [-0.15, -0.1) is 24.8 Å². The average Bonchev–Trinajstić information content (AvgIpc) is 2.18. The lowest BCUT2D eigenvalue weighted by Crippen LogP contribution is -2.19. The molecule has 1 aromatic rings. The molecule has 0 unspecified atom stereocenters. The molecule has 1 heterocycles. The summed E-state index contributed by atoms with van der Waals surface area (Å²) in [5.41, 5.74) is 4.94. The summed E-state index contributed by atoms with van der Waals surface area (Å²) in [4.78, 5) is 3.33. The van der Waals surface area contributed by atoms with Crippen LogP contribution >= 0.6 is 11.6 Å². The molecule has 1 aromatic heterocycles. The van der Waals surface area contributed by atoms with Crippen LogP contribution in [0, 0.1) is 11.3 Å². The van der Waals surface area contributed by atoms with Crippen molar-refractivity contribution < 1.29 is 17.9 Å². The van der Waals surface area contributed by atoms with Crippen molar-refractivity contribution in [2.45, 2.75) is 12.2 Å². The summed E-state index contributed by atoms with van der Waals surface area (Å²) < 4.78 is 39.3. The van der Waals surface area contributed by atoms with Gasteiger partial charge in [0.05, 0.1) is 11.6 Å². The van der Waals surface area contributed by atoms with Crippen molar-refractivity contribution in [2.75, 3.05) is 5.73 Å². The van der Waals surface area contributed by atoms with Gasteiger partial charge in [0.1, 0.15) is 11.8 Å². The first kappa shape index (κ1) is 12.4. The van der Waals surface area contributed by atoms with Gasteiger partial charge in [-0.2, -0.15) is 5.26 Å². The molecular formula is C8H5ClF3N3O. The summed E-state index contributed by atoms with van der Waals surface area (Å²) in [7, 11) is 0. The molecule has 0 amide bonds. The number of hydrogen-bond acceptors (Lipinski definition) is 4. The topological polar surface area (TPSA) is 71.9 Å². The Bertz CT molecular complexity index is 441. The van der Waals surface area contributed by atoms with Crippen LogP contribution in [0.2, 0.25) is 0 Å². The number of hydrogen-bond donors (Lipinski definition) is 1. The third-order valence-corrected chi connectivity index (χ3v) is 1.84. The van der Waals surface area contributed by atoms with E-state index in [1.54, 1.807) is 6.07 Å². The van der Waals surface area contributed by atoms with Gasteiger partial charge >= 0.3 is 6.36 Å². The molecule has 4 nitrogen and oxygen atoms in total. The third-order valence-electron chi connectivity index (χ3n) is 1.56. The number of aromatic nitrogens is 1.